The van der Waals surface area contributed by atoms with Gasteiger partial charge in [0.25, 0.3) is 5.56 Å². The number of rotatable bonds is 4. The number of nitro groups is 1. The summed E-state index contributed by atoms with van der Waals surface area (Å²) < 4.78 is 5.07. The van der Waals surface area contributed by atoms with Crippen molar-refractivity contribution in [3.05, 3.63) is 60.4 Å². The molecule has 2 heterocycles. The number of aromatic nitrogens is 1. The van der Waals surface area contributed by atoms with E-state index in [0.29, 0.717) is 5.56 Å². The van der Waals surface area contributed by atoms with Crippen LogP contribution in [0.3, 0.4) is 0 Å². The van der Waals surface area contributed by atoms with E-state index in [4.69, 9.17) is 4.74 Å². The highest BCUT2D eigenvalue weighted by Gasteiger charge is 2.19. The standard InChI is InChI=1S/C14H12N2O5S/c17-13-10(5-9-2-1-3-11(9)15-13)14(18)21-6-8-4-12(16(19)20)22-7-8/h4-5,7H,1-3,6H2,(H,15,17). The zero-order valence-corrected chi connectivity index (χ0v) is 12.3. The van der Waals surface area contributed by atoms with Gasteiger partial charge in [-0.05, 0) is 30.9 Å². The van der Waals surface area contributed by atoms with Crippen molar-refractivity contribution < 1.29 is 14.5 Å². The summed E-state index contributed by atoms with van der Waals surface area (Å²) >= 11 is 0.966. The normalized spacial score (nSPS) is 12.9. The molecule has 0 bridgehead atoms. The number of aromatic amines is 1. The van der Waals surface area contributed by atoms with Crippen LogP contribution in [-0.4, -0.2) is 15.9 Å². The van der Waals surface area contributed by atoms with Gasteiger partial charge in [-0.3, -0.25) is 14.9 Å². The van der Waals surface area contributed by atoms with Gasteiger partial charge in [0.1, 0.15) is 12.2 Å². The topological polar surface area (TPSA) is 102 Å². The Morgan fingerprint density at radius 3 is 2.95 bits per heavy atom. The lowest BCUT2D eigenvalue weighted by Crippen LogP contribution is -2.21. The van der Waals surface area contributed by atoms with Crippen molar-refractivity contribution in [3.8, 4) is 0 Å². The second kappa shape index (κ2) is 5.72. The maximum Gasteiger partial charge on any atom is 0.344 e. The second-order valence-electron chi connectivity index (χ2n) is 5.00. The van der Waals surface area contributed by atoms with Crippen molar-refractivity contribution >= 4 is 22.3 Å². The molecule has 1 aliphatic rings. The van der Waals surface area contributed by atoms with E-state index >= 15 is 0 Å². The van der Waals surface area contributed by atoms with Crippen molar-refractivity contribution in [2.24, 2.45) is 0 Å². The second-order valence-corrected chi connectivity index (χ2v) is 5.89. The Labute approximate surface area is 128 Å². The van der Waals surface area contributed by atoms with Crippen LogP contribution in [0.4, 0.5) is 5.00 Å². The van der Waals surface area contributed by atoms with Crippen LogP contribution in [0, 0.1) is 10.1 Å². The number of esters is 1. The van der Waals surface area contributed by atoms with E-state index in [9.17, 15) is 19.7 Å². The number of aryl methyl sites for hydroxylation is 2. The summed E-state index contributed by atoms with van der Waals surface area (Å²) in [6.07, 6.45) is 2.62. The Kier molecular flexibility index (Phi) is 3.76. The fourth-order valence-corrected chi connectivity index (χ4v) is 3.14. The van der Waals surface area contributed by atoms with Crippen LogP contribution < -0.4 is 5.56 Å². The molecule has 2 aromatic heterocycles. The Balaban J connectivity index is 1.72. The molecule has 1 aliphatic carbocycles. The molecule has 1 N–H and O–H groups in total. The molecule has 0 amide bonds. The fraction of sp³-hybridized carbons (Fsp3) is 0.286. The molecule has 0 saturated heterocycles. The fourth-order valence-electron chi connectivity index (χ4n) is 2.43. The maximum absolute atomic E-state index is 12.0. The van der Waals surface area contributed by atoms with Crippen molar-refractivity contribution in [2.45, 2.75) is 25.9 Å². The summed E-state index contributed by atoms with van der Waals surface area (Å²) in [6.45, 7) is -0.0975. The van der Waals surface area contributed by atoms with Gasteiger partial charge in [-0.15, -0.1) is 0 Å². The summed E-state index contributed by atoms with van der Waals surface area (Å²) in [5, 5.41) is 12.1. The lowest BCUT2D eigenvalue weighted by Gasteiger charge is -2.05. The van der Waals surface area contributed by atoms with E-state index in [1.807, 2.05) is 0 Å². The number of hydrogen-bond acceptors (Lipinski definition) is 6. The van der Waals surface area contributed by atoms with Gasteiger partial charge < -0.3 is 9.72 Å². The molecule has 7 nitrogen and oxygen atoms in total. The Bertz CT molecular complexity index is 808. The molecule has 0 spiro atoms. The smallest absolute Gasteiger partial charge is 0.344 e. The molecule has 2 aromatic rings. The van der Waals surface area contributed by atoms with Crippen molar-refractivity contribution in [1.82, 2.24) is 4.98 Å². The van der Waals surface area contributed by atoms with E-state index in [0.717, 1.165) is 41.9 Å². The van der Waals surface area contributed by atoms with Crippen molar-refractivity contribution in [2.75, 3.05) is 0 Å². The Morgan fingerprint density at radius 1 is 1.41 bits per heavy atom. The van der Waals surface area contributed by atoms with E-state index in [1.165, 1.54) is 6.07 Å². The molecule has 8 heteroatoms. The van der Waals surface area contributed by atoms with Crippen LogP contribution in [0.5, 0.6) is 0 Å². The number of hydrogen-bond donors (Lipinski definition) is 1. The first-order valence-corrected chi connectivity index (χ1v) is 7.56. The van der Waals surface area contributed by atoms with E-state index < -0.39 is 16.5 Å². The highest BCUT2D eigenvalue weighted by atomic mass is 32.1. The number of carbonyl (C=O) groups is 1. The zero-order chi connectivity index (χ0) is 15.7. The highest BCUT2D eigenvalue weighted by Crippen LogP contribution is 2.23. The van der Waals surface area contributed by atoms with E-state index in [2.05, 4.69) is 4.98 Å². The van der Waals surface area contributed by atoms with E-state index in [1.54, 1.807) is 11.4 Å². The van der Waals surface area contributed by atoms with Gasteiger partial charge in [-0.25, -0.2) is 4.79 Å². The quantitative estimate of drug-likeness (QED) is 0.528. The third kappa shape index (κ3) is 2.77. The predicted molar refractivity (Wildman–Crippen MR) is 79.2 cm³/mol. The van der Waals surface area contributed by atoms with Gasteiger partial charge in [0.2, 0.25) is 0 Å². The predicted octanol–water partition coefficient (Wildman–Crippen LogP) is 2.19. The van der Waals surface area contributed by atoms with Gasteiger partial charge in [-0.2, -0.15) is 0 Å². The summed E-state index contributed by atoms with van der Waals surface area (Å²) in [5.74, 6) is -0.718. The molecule has 3 rings (SSSR count). The Morgan fingerprint density at radius 2 is 2.23 bits per heavy atom. The molecule has 0 fully saturated rings. The van der Waals surface area contributed by atoms with Crippen LogP contribution in [-0.2, 0) is 24.2 Å². The minimum Gasteiger partial charge on any atom is -0.457 e. The van der Waals surface area contributed by atoms with Crippen molar-refractivity contribution in [1.29, 1.82) is 0 Å². The monoisotopic (exact) mass is 320 g/mol. The minimum absolute atomic E-state index is 0.0126. The average Bonchev–Trinajstić information content (AvgIpc) is 3.12. The van der Waals surface area contributed by atoms with Gasteiger partial charge in [0.05, 0.1) is 4.92 Å². The largest absolute Gasteiger partial charge is 0.457 e. The summed E-state index contributed by atoms with van der Waals surface area (Å²) in [7, 11) is 0. The van der Waals surface area contributed by atoms with Gasteiger partial charge >= 0.3 is 11.0 Å². The summed E-state index contributed by atoms with van der Waals surface area (Å²) in [6, 6.07) is 2.93. The van der Waals surface area contributed by atoms with Crippen LogP contribution in [0.1, 0.15) is 33.6 Å². The molecule has 0 unspecified atom stereocenters. The number of pyridine rings is 1. The van der Waals surface area contributed by atoms with Crippen molar-refractivity contribution in [3.63, 3.8) is 0 Å². The number of ether oxygens (including phenoxy) is 1. The number of fused-ring (bicyclic) bond motifs is 1. The zero-order valence-electron chi connectivity index (χ0n) is 11.5. The summed E-state index contributed by atoms with van der Waals surface area (Å²) in [5.41, 5.74) is 1.91. The number of nitrogens with zero attached hydrogens (tertiary/aromatic N) is 1. The molecule has 0 aliphatic heterocycles. The number of thiophene rings is 1. The average molecular weight is 320 g/mol. The van der Waals surface area contributed by atoms with Gasteiger partial charge in [-0.1, -0.05) is 11.3 Å². The maximum atomic E-state index is 12.0. The third-order valence-corrected chi connectivity index (χ3v) is 4.43. The van der Waals surface area contributed by atoms with E-state index in [-0.39, 0.29) is 17.2 Å². The lowest BCUT2D eigenvalue weighted by molar-refractivity contribution is -0.380. The molecular formula is C14H12N2O5S. The Hall–Kier alpha value is -2.48. The molecule has 0 radical (unpaired) electrons. The number of carbonyl (C=O) groups excluding carboxylic acids is 1. The molecule has 0 atom stereocenters. The number of nitrogens with one attached hydrogen (secondary N) is 1. The molecule has 0 saturated carbocycles. The first-order chi connectivity index (χ1) is 10.5. The molecule has 0 aromatic carbocycles. The first-order valence-electron chi connectivity index (χ1n) is 6.68. The third-order valence-electron chi connectivity index (χ3n) is 3.50. The van der Waals surface area contributed by atoms with Crippen LogP contribution >= 0.6 is 11.3 Å². The van der Waals surface area contributed by atoms with Gasteiger partial charge in [0.15, 0.2) is 0 Å². The van der Waals surface area contributed by atoms with Crippen LogP contribution in [0.2, 0.25) is 0 Å². The minimum atomic E-state index is -0.718. The highest BCUT2D eigenvalue weighted by molar-refractivity contribution is 7.13. The first kappa shape index (κ1) is 14.5. The lowest BCUT2D eigenvalue weighted by atomic mass is 10.1. The molecular weight excluding hydrogens is 308 g/mol. The van der Waals surface area contributed by atoms with Crippen LogP contribution in [0.25, 0.3) is 0 Å². The number of H-pyrrole nitrogens is 1. The molecule has 22 heavy (non-hydrogen) atoms. The SMILES string of the molecule is O=C(OCc1csc([N+](=O)[O-])c1)c1cc2c([nH]c1=O)CCC2. The van der Waals surface area contributed by atoms with Crippen LogP contribution in [0.15, 0.2) is 22.3 Å². The van der Waals surface area contributed by atoms with Gasteiger partial charge in [0, 0.05) is 22.7 Å². The molecule has 114 valence electrons. The summed E-state index contributed by atoms with van der Waals surface area (Å²) in [4.78, 5) is 36.7.